The van der Waals surface area contributed by atoms with Crippen molar-refractivity contribution in [2.75, 3.05) is 5.32 Å². The summed E-state index contributed by atoms with van der Waals surface area (Å²) in [5.74, 6) is -1.32. The summed E-state index contributed by atoms with van der Waals surface area (Å²) >= 11 is 0. The fourth-order valence-electron chi connectivity index (χ4n) is 3.00. The van der Waals surface area contributed by atoms with E-state index in [1.807, 2.05) is 37.3 Å². The molecule has 0 aliphatic carbocycles. The average Bonchev–Trinajstić information content (AvgIpc) is 3.19. The van der Waals surface area contributed by atoms with Crippen molar-refractivity contribution in [2.45, 2.75) is 25.8 Å². The number of aryl methyl sites for hydroxylation is 2. The summed E-state index contributed by atoms with van der Waals surface area (Å²) in [6.07, 6.45) is 4.80. The number of hydrogen-bond acceptors (Lipinski definition) is 4. The van der Waals surface area contributed by atoms with Crippen molar-refractivity contribution in [2.24, 2.45) is 7.05 Å². The Kier molecular flexibility index (Phi) is 6.75. The van der Waals surface area contributed by atoms with Gasteiger partial charge in [0.15, 0.2) is 5.82 Å². The van der Waals surface area contributed by atoms with Gasteiger partial charge in [-0.1, -0.05) is 30.3 Å². The lowest BCUT2D eigenvalue weighted by atomic mass is 10.1. The predicted octanol–water partition coefficient (Wildman–Crippen LogP) is 2.73. The molecule has 7 heteroatoms. The van der Waals surface area contributed by atoms with Crippen LogP contribution < -0.4 is 10.6 Å². The summed E-state index contributed by atoms with van der Waals surface area (Å²) in [5.41, 5.74) is 2.06. The number of rotatable bonds is 7. The second kappa shape index (κ2) is 9.65. The van der Waals surface area contributed by atoms with Crippen LogP contribution in [0.4, 0.5) is 5.69 Å². The summed E-state index contributed by atoms with van der Waals surface area (Å²) in [4.78, 5) is 40.8. The molecule has 1 aromatic heterocycles. The predicted molar refractivity (Wildman–Crippen MR) is 114 cm³/mol. The molecule has 0 unspecified atom stereocenters. The Morgan fingerprint density at radius 3 is 2.33 bits per heavy atom. The number of nitrogens with zero attached hydrogens (tertiary/aromatic N) is 2. The summed E-state index contributed by atoms with van der Waals surface area (Å²) in [6, 6.07) is 16.2. The molecule has 0 aliphatic heterocycles. The SMILES string of the molecule is C[C@@H](CCc1ccccc1)NC(=O)C(=O)Nc1ccc(C(=O)c2nccn2C)cc1. The average molecular weight is 404 g/mol. The number of carbonyl (C=O) groups excluding carboxylic acids is 3. The minimum atomic E-state index is -0.746. The maximum Gasteiger partial charge on any atom is 0.313 e. The molecule has 0 saturated heterocycles. The minimum Gasteiger partial charge on any atom is -0.345 e. The van der Waals surface area contributed by atoms with E-state index in [1.54, 1.807) is 48.3 Å². The van der Waals surface area contributed by atoms with Crippen LogP contribution in [-0.2, 0) is 23.1 Å². The Morgan fingerprint density at radius 1 is 1.00 bits per heavy atom. The molecule has 0 radical (unpaired) electrons. The van der Waals surface area contributed by atoms with Gasteiger partial charge < -0.3 is 15.2 Å². The molecule has 3 aromatic rings. The summed E-state index contributed by atoms with van der Waals surface area (Å²) in [6.45, 7) is 1.87. The highest BCUT2D eigenvalue weighted by Crippen LogP contribution is 2.13. The molecule has 1 atom stereocenters. The van der Waals surface area contributed by atoms with Crippen molar-refractivity contribution in [1.82, 2.24) is 14.9 Å². The maximum atomic E-state index is 12.4. The molecule has 0 fully saturated rings. The van der Waals surface area contributed by atoms with E-state index in [4.69, 9.17) is 0 Å². The molecule has 2 amide bonds. The van der Waals surface area contributed by atoms with E-state index < -0.39 is 11.8 Å². The highest BCUT2D eigenvalue weighted by atomic mass is 16.2. The molecule has 0 spiro atoms. The topological polar surface area (TPSA) is 93.1 Å². The minimum absolute atomic E-state index is 0.138. The van der Waals surface area contributed by atoms with Crippen LogP contribution in [0, 0.1) is 0 Å². The molecular weight excluding hydrogens is 380 g/mol. The van der Waals surface area contributed by atoms with E-state index in [9.17, 15) is 14.4 Å². The van der Waals surface area contributed by atoms with Crippen LogP contribution >= 0.6 is 0 Å². The number of hydrogen-bond donors (Lipinski definition) is 2. The number of ketones is 1. The van der Waals surface area contributed by atoms with Gasteiger partial charge in [-0.3, -0.25) is 14.4 Å². The first-order chi connectivity index (χ1) is 14.4. The lowest BCUT2D eigenvalue weighted by Crippen LogP contribution is -2.40. The number of anilines is 1. The number of carbonyl (C=O) groups is 3. The van der Waals surface area contributed by atoms with Crippen molar-refractivity contribution in [3.05, 3.63) is 83.9 Å². The third kappa shape index (κ3) is 5.41. The van der Waals surface area contributed by atoms with Crippen molar-refractivity contribution < 1.29 is 14.4 Å². The maximum absolute atomic E-state index is 12.4. The fraction of sp³-hybridized carbons (Fsp3) is 0.217. The molecule has 0 saturated carbocycles. The largest absolute Gasteiger partial charge is 0.345 e. The zero-order chi connectivity index (χ0) is 21.5. The first-order valence-electron chi connectivity index (χ1n) is 9.72. The van der Waals surface area contributed by atoms with E-state index in [0.29, 0.717) is 17.1 Å². The van der Waals surface area contributed by atoms with Gasteiger partial charge in [-0.15, -0.1) is 0 Å². The van der Waals surface area contributed by atoms with Gasteiger partial charge in [-0.2, -0.15) is 0 Å². The fourth-order valence-corrected chi connectivity index (χ4v) is 3.00. The van der Waals surface area contributed by atoms with Crippen LogP contribution in [-0.4, -0.2) is 33.2 Å². The first kappa shape index (κ1) is 21.0. The van der Waals surface area contributed by atoms with E-state index in [2.05, 4.69) is 15.6 Å². The molecule has 2 N–H and O–H groups in total. The Bertz CT molecular complexity index is 1030. The number of amides is 2. The van der Waals surface area contributed by atoms with Crippen LogP contribution in [0.15, 0.2) is 67.0 Å². The van der Waals surface area contributed by atoms with E-state index >= 15 is 0 Å². The second-order valence-corrected chi connectivity index (χ2v) is 7.12. The summed E-state index contributed by atoms with van der Waals surface area (Å²) < 4.78 is 1.64. The Balaban J connectivity index is 1.50. The summed E-state index contributed by atoms with van der Waals surface area (Å²) in [7, 11) is 1.74. The molecule has 7 nitrogen and oxygen atoms in total. The molecule has 0 bridgehead atoms. The Morgan fingerprint density at radius 2 is 1.70 bits per heavy atom. The van der Waals surface area contributed by atoms with Gasteiger partial charge in [-0.25, -0.2) is 4.98 Å². The van der Waals surface area contributed by atoms with E-state index in [0.717, 1.165) is 12.8 Å². The highest BCUT2D eigenvalue weighted by molar-refractivity contribution is 6.39. The van der Waals surface area contributed by atoms with Crippen molar-refractivity contribution in [3.63, 3.8) is 0 Å². The van der Waals surface area contributed by atoms with Crippen LogP contribution in [0.1, 0.15) is 35.1 Å². The van der Waals surface area contributed by atoms with E-state index in [1.165, 1.54) is 5.56 Å². The zero-order valence-electron chi connectivity index (χ0n) is 17.0. The molecule has 30 heavy (non-hydrogen) atoms. The first-order valence-corrected chi connectivity index (χ1v) is 9.72. The molecule has 1 heterocycles. The third-order valence-corrected chi connectivity index (χ3v) is 4.72. The Hall–Kier alpha value is -3.74. The van der Waals surface area contributed by atoms with E-state index in [-0.39, 0.29) is 11.8 Å². The van der Waals surface area contributed by atoms with Crippen molar-refractivity contribution in [3.8, 4) is 0 Å². The van der Waals surface area contributed by atoms with Gasteiger partial charge in [0, 0.05) is 36.7 Å². The quantitative estimate of drug-likeness (QED) is 0.468. The molecule has 3 rings (SSSR count). The van der Waals surface area contributed by atoms with Gasteiger partial charge in [0.1, 0.15) is 0 Å². The molecule has 2 aromatic carbocycles. The smallest absolute Gasteiger partial charge is 0.313 e. The van der Waals surface area contributed by atoms with Gasteiger partial charge >= 0.3 is 11.8 Å². The summed E-state index contributed by atoms with van der Waals surface area (Å²) in [5, 5.41) is 5.26. The van der Waals surface area contributed by atoms with Gasteiger partial charge in [0.2, 0.25) is 5.78 Å². The molecule has 0 aliphatic rings. The zero-order valence-corrected chi connectivity index (χ0v) is 17.0. The van der Waals surface area contributed by atoms with Gasteiger partial charge in [0.05, 0.1) is 0 Å². The number of benzene rings is 2. The molecule has 154 valence electrons. The van der Waals surface area contributed by atoms with Crippen LogP contribution in [0.5, 0.6) is 0 Å². The monoisotopic (exact) mass is 404 g/mol. The lowest BCUT2D eigenvalue weighted by molar-refractivity contribution is -0.136. The Labute approximate surface area is 175 Å². The van der Waals surface area contributed by atoms with Gasteiger partial charge in [0.25, 0.3) is 0 Å². The normalized spacial score (nSPS) is 11.5. The van der Waals surface area contributed by atoms with Crippen molar-refractivity contribution >= 4 is 23.3 Å². The van der Waals surface area contributed by atoms with Crippen LogP contribution in [0.3, 0.4) is 0 Å². The highest BCUT2D eigenvalue weighted by Gasteiger charge is 2.17. The number of aromatic nitrogens is 2. The van der Waals surface area contributed by atoms with Gasteiger partial charge in [-0.05, 0) is 49.6 Å². The van der Waals surface area contributed by atoms with Crippen molar-refractivity contribution in [1.29, 1.82) is 0 Å². The van der Waals surface area contributed by atoms with Crippen LogP contribution in [0.25, 0.3) is 0 Å². The molecular formula is C23H24N4O3. The second-order valence-electron chi connectivity index (χ2n) is 7.12. The number of nitrogens with one attached hydrogen (secondary N) is 2. The lowest BCUT2D eigenvalue weighted by Gasteiger charge is -2.14. The number of imidazole rings is 1. The third-order valence-electron chi connectivity index (χ3n) is 4.72. The standard InChI is InChI=1S/C23H24N4O3/c1-16(8-9-17-6-4-3-5-7-17)25-22(29)23(30)26-19-12-10-18(11-13-19)20(28)21-24-14-15-27(21)2/h3-7,10-16H,8-9H2,1-2H3,(H,25,29)(H,26,30)/t16-/m0/s1. The van der Waals surface area contributed by atoms with Crippen LogP contribution in [0.2, 0.25) is 0 Å².